The number of thiazole rings is 1. The van der Waals surface area contributed by atoms with Gasteiger partial charge >= 0.3 is 0 Å². The summed E-state index contributed by atoms with van der Waals surface area (Å²) < 4.78 is 23.2. The quantitative estimate of drug-likeness (QED) is 0.532. The number of nitrogens with one attached hydrogen (secondary N) is 1. The third kappa shape index (κ3) is 3.88. The van der Waals surface area contributed by atoms with Gasteiger partial charge in [0.2, 0.25) is 0 Å². The molecule has 2 aromatic heterocycles. The van der Waals surface area contributed by atoms with Gasteiger partial charge in [-0.2, -0.15) is 0 Å². The lowest BCUT2D eigenvalue weighted by Crippen LogP contribution is -1.99. The Morgan fingerprint density at radius 3 is 2.50 bits per heavy atom. The van der Waals surface area contributed by atoms with Crippen LogP contribution < -0.4 is 5.32 Å². The van der Waals surface area contributed by atoms with E-state index in [2.05, 4.69) is 34.3 Å². The van der Waals surface area contributed by atoms with Crippen LogP contribution in [0.4, 0.5) is 11.5 Å². The molecular formula is C20H18N4O2S2. The molecule has 0 bridgehead atoms. The number of hydrogen-bond donors (Lipinski definition) is 1. The average molecular weight is 411 g/mol. The molecule has 0 amide bonds. The van der Waals surface area contributed by atoms with Crippen LogP contribution in [0.1, 0.15) is 16.1 Å². The zero-order chi connectivity index (χ0) is 19.7. The Labute approximate surface area is 167 Å². The number of benzene rings is 2. The molecule has 1 N–H and O–H groups in total. The maximum absolute atomic E-state index is 11.6. The number of nitrogens with zero attached hydrogens (tertiary/aromatic N) is 3. The average Bonchev–Trinajstić information content (AvgIpc) is 3.07. The second-order valence-corrected chi connectivity index (χ2v) is 9.59. The summed E-state index contributed by atoms with van der Waals surface area (Å²) >= 11 is 1.55. The minimum Gasteiger partial charge on any atom is -0.338 e. The largest absolute Gasteiger partial charge is 0.338 e. The smallest absolute Gasteiger partial charge is 0.175 e. The zero-order valence-corrected chi connectivity index (χ0v) is 17.0. The predicted octanol–water partition coefficient (Wildman–Crippen LogP) is 4.13. The van der Waals surface area contributed by atoms with Crippen molar-refractivity contribution in [3.05, 3.63) is 71.0 Å². The van der Waals surface area contributed by atoms with Gasteiger partial charge in [0, 0.05) is 18.4 Å². The summed E-state index contributed by atoms with van der Waals surface area (Å²) in [4.78, 5) is 14.5. The molecule has 0 spiro atoms. The van der Waals surface area contributed by atoms with Gasteiger partial charge in [-0.1, -0.05) is 35.6 Å². The van der Waals surface area contributed by atoms with E-state index in [1.165, 1.54) is 23.7 Å². The number of fused-ring (bicyclic) bond motifs is 1. The zero-order valence-electron chi connectivity index (χ0n) is 15.4. The lowest BCUT2D eigenvalue weighted by Gasteiger charge is -2.06. The van der Waals surface area contributed by atoms with E-state index in [0.717, 1.165) is 21.9 Å². The molecule has 8 heteroatoms. The lowest BCUT2D eigenvalue weighted by atomic mass is 10.1. The summed E-state index contributed by atoms with van der Waals surface area (Å²) in [5, 5.41) is 4.18. The minimum absolute atomic E-state index is 0.278. The fourth-order valence-electron chi connectivity index (χ4n) is 2.86. The fourth-order valence-corrected chi connectivity index (χ4v) is 4.41. The Balaban J connectivity index is 1.63. The van der Waals surface area contributed by atoms with E-state index in [9.17, 15) is 8.42 Å². The Morgan fingerprint density at radius 2 is 1.79 bits per heavy atom. The molecule has 2 aromatic carbocycles. The maximum atomic E-state index is 11.6. The maximum Gasteiger partial charge on any atom is 0.175 e. The molecular weight excluding hydrogens is 392 g/mol. The highest BCUT2D eigenvalue weighted by Gasteiger charge is 2.13. The van der Waals surface area contributed by atoms with Gasteiger partial charge in [-0.05, 0) is 42.3 Å². The highest BCUT2D eigenvalue weighted by molar-refractivity contribution is 7.90. The van der Waals surface area contributed by atoms with Crippen molar-refractivity contribution in [2.24, 2.45) is 0 Å². The number of aromatic nitrogens is 3. The number of hydrogen-bond acceptors (Lipinski definition) is 7. The van der Waals surface area contributed by atoms with E-state index in [4.69, 9.17) is 4.98 Å². The molecule has 6 nitrogen and oxygen atoms in total. The molecule has 0 aliphatic carbocycles. The summed E-state index contributed by atoms with van der Waals surface area (Å²) in [5.41, 5.74) is 3.92. The number of anilines is 2. The first-order chi connectivity index (χ1) is 13.4. The van der Waals surface area contributed by atoms with Crippen LogP contribution in [0.5, 0.6) is 0 Å². The predicted molar refractivity (Wildman–Crippen MR) is 112 cm³/mol. The van der Waals surface area contributed by atoms with Crippen molar-refractivity contribution < 1.29 is 8.42 Å². The number of aryl methyl sites for hydroxylation is 1. The minimum atomic E-state index is -3.22. The van der Waals surface area contributed by atoms with Gasteiger partial charge in [0.25, 0.3) is 0 Å². The third-order valence-electron chi connectivity index (χ3n) is 4.39. The van der Waals surface area contributed by atoms with Gasteiger partial charge in [0.1, 0.15) is 16.7 Å². The summed E-state index contributed by atoms with van der Waals surface area (Å²) in [6.07, 6.45) is 3.44. The van der Waals surface area contributed by atoms with Crippen molar-refractivity contribution in [3.63, 3.8) is 0 Å². The highest BCUT2D eigenvalue weighted by Crippen LogP contribution is 2.28. The Morgan fingerprint density at radius 1 is 1.04 bits per heavy atom. The summed E-state index contributed by atoms with van der Waals surface area (Å²) in [6, 6.07) is 14.8. The summed E-state index contributed by atoms with van der Waals surface area (Å²) in [6.45, 7) is 2.09. The molecule has 0 unspecified atom stereocenters. The molecule has 142 valence electrons. The van der Waals surface area contributed by atoms with E-state index in [0.29, 0.717) is 11.3 Å². The van der Waals surface area contributed by atoms with Gasteiger partial charge in [-0.25, -0.2) is 23.4 Å². The molecule has 0 radical (unpaired) electrons. The van der Waals surface area contributed by atoms with Crippen molar-refractivity contribution in [1.82, 2.24) is 15.0 Å². The second-order valence-electron chi connectivity index (χ2n) is 6.51. The van der Waals surface area contributed by atoms with Gasteiger partial charge in [-0.3, -0.25) is 0 Å². The topological polar surface area (TPSA) is 84.8 Å². The normalized spacial score (nSPS) is 11.6. The SMILES string of the molecule is Cc1ccccc1Cc1nc2c(Nc3ccc(S(C)(=O)=O)cc3)ncnc2s1. The molecule has 0 saturated carbocycles. The van der Waals surface area contributed by atoms with E-state index >= 15 is 0 Å². The van der Waals surface area contributed by atoms with Gasteiger partial charge in [-0.15, -0.1) is 0 Å². The van der Waals surface area contributed by atoms with Crippen LogP contribution in [0.2, 0.25) is 0 Å². The highest BCUT2D eigenvalue weighted by atomic mass is 32.2. The molecule has 0 aliphatic heterocycles. The van der Waals surface area contributed by atoms with Gasteiger partial charge in [0.05, 0.1) is 9.90 Å². The standard InChI is InChI=1S/C20H18N4O2S2/c1-13-5-3-4-6-14(13)11-17-24-18-19(21-12-22-20(18)27-17)23-15-7-9-16(10-8-15)28(2,25)26/h3-10,12H,11H2,1-2H3,(H,21,22,23). The van der Waals surface area contributed by atoms with Crippen molar-refractivity contribution in [2.45, 2.75) is 18.2 Å². The molecule has 4 rings (SSSR count). The van der Waals surface area contributed by atoms with E-state index in [1.54, 1.807) is 35.6 Å². The fraction of sp³-hybridized carbons (Fsp3) is 0.150. The van der Waals surface area contributed by atoms with Crippen molar-refractivity contribution in [3.8, 4) is 0 Å². The molecule has 2 heterocycles. The Kier molecular flexibility index (Phi) is 4.82. The van der Waals surface area contributed by atoms with Gasteiger partial charge < -0.3 is 5.32 Å². The Bertz CT molecular complexity index is 1250. The molecule has 4 aromatic rings. The summed E-state index contributed by atoms with van der Waals surface area (Å²) in [5.74, 6) is 0.601. The number of sulfone groups is 1. The Hall–Kier alpha value is -2.84. The first-order valence-corrected chi connectivity index (χ1v) is 11.3. The first kappa shape index (κ1) is 18.5. The molecule has 0 fully saturated rings. The van der Waals surface area contributed by atoms with Crippen LogP contribution in [0.25, 0.3) is 10.3 Å². The second kappa shape index (κ2) is 7.29. The monoisotopic (exact) mass is 410 g/mol. The first-order valence-electron chi connectivity index (χ1n) is 8.62. The van der Waals surface area contributed by atoms with E-state index in [-0.39, 0.29) is 4.90 Å². The van der Waals surface area contributed by atoms with Crippen molar-refractivity contribution >= 4 is 43.0 Å². The molecule has 0 aliphatic rings. The third-order valence-corrected chi connectivity index (χ3v) is 6.48. The van der Waals surface area contributed by atoms with Crippen LogP contribution >= 0.6 is 11.3 Å². The van der Waals surface area contributed by atoms with E-state index in [1.807, 2.05) is 12.1 Å². The van der Waals surface area contributed by atoms with Crippen LogP contribution in [0.15, 0.2) is 59.8 Å². The van der Waals surface area contributed by atoms with Crippen LogP contribution in [-0.2, 0) is 16.3 Å². The lowest BCUT2D eigenvalue weighted by molar-refractivity contribution is 0.602. The number of rotatable bonds is 5. The van der Waals surface area contributed by atoms with Crippen LogP contribution in [-0.4, -0.2) is 29.6 Å². The van der Waals surface area contributed by atoms with Crippen molar-refractivity contribution in [2.75, 3.05) is 11.6 Å². The van der Waals surface area contributed by atoms with Crippen LogP contribution in [0.3, 0.4) is 0 Å². The molecule has 0 saturated heterocycles. The van der Waals surface area contributed by atoms with Gasteiger partial charge in [0.15, 0.2) is 15.7 Å². The van der Waals surface area contributed by atoms with Crippen molar-refractivity contribution in [1.29, 1.82) is 0 Å². The molecule has 0 atom stereocenters. The molecule has 28 heavy (non-hydrogen) atoms. The summed E-state index contributed by atoms with van der Waals surface area (Å²) in [7, 11) is -3.22. The van der Waals surface area contributed by atoms with E-state index < -0.39 is 9.84 Å². The van der Waals surface area contributed by atoms with Crippen LogP contribution in [0, 0.1) is 6.92 Å².